The molecule has 0 fully saturated rings. The van der Waals surface area contributed by atoms with Gasteiger partial charge >= 0.3 is 16.8 Å². The summed E-state index contributed by atoms with van der Waals surface area (Å²) >= 11 is 0. The van der Waals surface area contributed by atoms with Crippen LogP contribution in [-0.4, -0.2) is 0 Å². The van der Waals surface area contributed by atoms with Crippen molar-refractivity contribution in [1.29, 1.82) is 0 Å². The third kappa shape index (κ3) is 10.7. The van der Waals surface area contributed by atoms with Crippen molar-refractivity contribution in [3.63, 3.8) is 0 Å². The van der Waals surface area contributed by atoms with Gasteiger partial charge in [-0.25, -0.2) is 0 Å². The molecule has 1 heteroatoms. The average molecular weight is 144 g/mol. The van der Waals surface area contributed by atoms with Gasteiger partial charge in [0.05, 0.1) is 0 Å². The fourth-order valence-corrected chi connectivity index (χ4v) is 0.471. The Morgan fingerprint density at radius 1 is 1.43 bits per heavy atom. The monoisotopic (exact) mass is 144 g/mol. The van der Waals surface area contributed by atoms with Gasteiger partial charge in [-0.1, -0.05) is 19.8 Å². The molecule has 0 saturated carbocycles. The average Bonchev–Trinajstić information content (AvgIpc) is 1.35. The van der Waals surface area contributed by atoms with Crippen LogP contribution in [0.3, 0.4) is 0 Å². The summed E-state index contributed by atoms with van der Waals surface area (Å²) in [6, 6.07) is 0. The minimum absolute atomic E-state index is 0. The Hall–Kier alpha value is 0.506. The van der Waals surface area contributed by atoms with Crippen molar-refractivity contribution in [3.8, 4) is 0 Å². The molecule has 0 bridgehead atoms. The largest absolute Gasteiger partial charge is 2.00 e. The van der Waals surface area contributed by atoms with Crippen LogP contribution in [0.5, 0.6) is 0 Å². The van der Waals surface area contributed by atoms with Crippen molar-refractivity contribution in [3.05, 3.63) is 6.42 Å². The summed E-state index contributed by atoms with van der Waals surface area (Å²) < 4.78 is 0. The van der Waals surface area contributed by atoms with Crippen LogP contribution in [0.15, 0.2) is 0 Å². The molecule has 0 aromatic heterocycles. The first-order valence-corrected chi connectivity index (χ1v) is 2.55. The van der Waals surface area contributed by atoms with Gasteiger partial charge < -0.3 is 6.42 Å². The van der Waals surface area contributed by atoms with Gasteiger partial charge in [0.15, 0.2) is 0 Å². The van der Waals surface area contributed by atoms with Crippen LogP contribution >= 0.6 is 0 Å². The van der Waals surface area contributed by atoms with Crippen LogP contribution in [0.4, 0.5) is 0 Å². The van der Waals surface area contributed by atoms with E-state index in [-0.39, 0.29) is 16.8 Å². The predicted octanol–water partition coefficient (Wildman–Crippen LogP) is 2.25. The second kappa shape index (κ2) is 6.51. The van der Waals surface area contributed by atoms with Crippen LogP contribution in [0, 0.1) is 12.3 Å². The minimum atomic E-state index is 0. The van der Waals surface area contributed by atoms with Gasteiger partial charge in [-0.05, 0) is 0 Å². The van der Waals surface area contributed by atoms with Gasteiger partial charge in [-0.2, -0.15) is 13.3 Å². The standard InChI is InChI=1S/C6H13.Co/c1-4-5-6(2)3;/h4,6H,5H2,1-3H3;/q-1;+2. The van der Waals surface area contributed by atoms with E-state index in [0.29, 0.717) is 0 Å². The van der Waals surface area contributed by atoms with E-state index in [0.717, 1.165) is 5.92 Å². The quantitative estimate of drug-likeness (QED) is 0.521. The van der Waals surface area contributed by atoms with E-state index in [1.54, 1.807) is 0 Å². The number of hydrogen-bond donors (Lipinski definition) is 0. The zero-order chi connectivity index (χ0) is 4.99. The number of rotatable bonds is 2. The summed E-state index contributed by atoms with van der Waals surface area (Å²) in [6.45, 7) is 6.54. The van der Waals surface area contributed by atoms with E-state index in [9.17, 15) is 0 Å². The van der Waals surface area contributed by atoms with Crippen molar-refractivity contribution in [2.45, 2.75) is 27.2 Å². The first-order valence-electron chi connectivity index (χ1n) is 2.55. The van der Waals surface area contributed by atoms with E-state index in [2.05, 4.69) is 27.2 Å². The molecule has 0 spiro atoms. The molecule has 0 heterocycles. The van der Waals surface area contributed by atoms with Crippen molar-refractivity contribution in [2.75, 3.05) is 0 Å². The summed E-state index contributed by atoms with van der Waals surface area (Å²) in [5.41, 5.74) is 0. The Balaban J connectivity index is 0. The SMILES string of the molecule is C[CH-]CC(C)C.[Co+2]. The number of hydrogen-bond acceptors (Lipinski definition) is 0. The Kier molecular flexibility index (Phi) is 9.74. The van der Waals surface area contributed by atoms with E-state index in [1.165, 1.54) is 6.42 Å². The molecule has 7 heavy (non-hydrogen) atoms. The van der Waals surface area contributed by atoms with Gasteiger partial charge in [0.2, 0.25) is 0 Å². The van der Waals surface area contributed by atoms with Gasteiger partial charge in [-0.15, -0.1) is 0 Å². The molecule has 0 nitrogen and oxygen atoms in total. The van der Waals surface area contributed by atoms with Crippen LogP contribution in [0.25, 0.3) is 0 Å². The van der Waals surface area contributed by atoms with Crippen molar-refractivity contribution in [1.82, 2.24) is 0 Å². The molecular weight excluding hydrogens is 131 g/mol. The maximum Gasteiger partial charge on any atom is 2.00 e. The molecule has 0 N–H and O–H groups in total. The predicted molar refractivity (Wildman–Crippen MR) is 29.4 cm³/mol. The van der Waals surface area contributed by atoms with Crippen molar-refractivity contribution in [2.24, 2.45) is 5.92 Å². The molecule has 0 atom stereocenters. The third-order valence-electron chi connectivity index (χ3n) is 0.707. The van der Waals surface area contributed by atoms with Crippen LogP contribution in [-0.2, 0) is 16.8 Å². The van der Waals surface area contributed by atoms with Crippen LogP contribution < -0.4 is 0 Å². The maximum absolute atomic E-state index is 2.22. The zero-order valence-corrected chi connectivity index (χ0v) is 6.24. The molecule has 0 aromatic carbocycles. The minimum Gasteiger partial charge on any atom is -0.331 e. The van der Waals surface area contributed by atoms with E-state index >= 15 is 0 Å². The molecule has 0 aliphatic rings. The molecule has 0 rings (SSSR count). The second-order valence-corrected chi connectivity index (χ2v) is 2.04. The normalized spacial score (nSPS) is 8.57. The summed E-state index contributed by atoms with van der Waals surface area (Å²) in [7, 11) is 0. The molecule has 45 valence electrons. The fraction of sp³-hybridized carbons (Fsp3) is 0.833. The topological polar surface area (TPSA) is 0 Å². The molecule has 0 aliphatic carbocycles. The summed E-state index contributed by atoms with van der Waals surface area (Å²) in [5.74, 6) is 0.843. The van der Waals surface area contributed by atoms with Gasteiger partial charge in [0, 0.05) is 0 Å². The van der Waals surface area contributed by atoms with E-state index in [1.807, 2.05) is 0 Å². The smallest absolute Gasteiger partial charge is 0.331 e. The molecular formula is C6H13Co+. The summed E-state index contributed by atoms with van der Waals surface area (Å²) in [4.78, 5) is 0. The molecule has 0 saturated heterocycles. The second-order valence-electron chi connectivity index (χ2n) is 2.04. The first-order chi connectivity index (χ1) is 2.77. The molecule has 0 amide bonds. The Morgan fingerprint density at radius 2 is 1.86 bits per heavy atom. The molecule has 0 unspecified atom stereocenters. The van der Waals surface area contributed by atoms with E-state index in [4.69, 9.17) is 0 Å². The Bertz CT molecular complexity index is 25.4. The fourth-order valence-electron chi connectivity index (χ4n) is 0.471. The van der Waals surface area contributed by atoms with Crippen molar-refractivity contribution < 1.29 is 16.8 Å². The molecule has 1 radical (unpaired) electrons. The summed E-state index contributed by atoms with van der Waals surface area (Å²) in [5, 5.41) is 0. The van der Waals surface area contributed by atoms with Crippen LogP contribution in [0.1, 0.15) is 27.2 Å². The van der Waals surface area contributed by atoms with E-state index < -0.39 is 0 Å². The van der Waals surface area contributed by atoms with Gasteiger partial charge in [0.1, 0.15) is 0 Å². The Labute approximate surface area is 56.9 Å². The molecule has 0 aliphatic heterocycles. The third-order valence-corrected chi connectivity index (χ3v) is 0.707. The molecule has 0 aromatic rings. The van der Waals surface area contributed by atoms with Crippen LogP contribution in [0.2, 0.25) is 0 Å². The van der Waals surface area contributed by atoms with Crippen molar-refractivity contribution >= 4 is 0 Å². The van der Waals surface area contributed by atoms with Gasteiger partial charge in [0.25, 0.3) is 0 Å². The first kappa shape index (κ1) is 10.5. The maximum atomic E-state index is 2.22. The summed E-state index contributed by atoms with van der Waals surface area (Å²) in [6.07, 6.45) is 3.45. The van der Waals surface area contributed by atoms with Gasteiger partial charge in [-0.3, -0.25) is 0 Å². The Morgan fingerprint density at radius 3 is 1.86 bits per heavy atom. The zero-order valence-electron chi connectivity index (χ0n) is 5.20.